The Morgan fingerprint density at radius 1 is 1.12 bits per heavy atom. The Labute approximate surface area is 150 Å². The Kier molecular flexibility index (Phi) is 3.74. The van der Waals surface area contributed by atoms with E-state index in [0.29, 0.717) is 42.1 Å². The third-order valence-electron chi connectivity index (χ3n) is 8.86. The number of aliphatic hydroxyl groups is 1. The first kappa shape index (κ1) is 17.3. The summed E-state index contributed by atoms with van der Waals surface area (Å²) in [6, 6.07) is 0. The van der Waals surface area contributed by atoms with Crippen molar-refractivity contribution < 1.29 is 15.1 Å². The molecule has 4 rings (SSSR count). The van der Waals surface area contributed by atoms with Crippen molar-refractivity contribution in [2.24, 2.45) is 33.7 Å². The summed E-state index contributed by atoms with van der Waals surface area (Å²) in [6.45, 7) is 6.36. The number of rotatable bonds is 1. The van der Waals surface area contributed by atoms with Crippen molar-refractivity contribution >= 4 is 11.5 Å². The Balaban J connectivity index is 1.69. The molecule has 4 aliphatic carbocycles. The van der Waals surface area contributed by atoms with Gasteiger partial charge < -0.3 is 10.3 Å². The number of carbonyl (C=O) groups excluding carboxylic acids is 1. The van der Waals surface area contributed by atoms with Crippen molar-refractivity contribution in [3.05, 3.63) is 11.6 Å². The van der Waals surface area contributed by atoms with Crippen molar-refractivity contribution in [2.45, 2.75) is 77.7 Å². The van der Waals surface area contributed by atoms with Crippen LogP contribution in [0.25, 0.3) is 0 Å². The average molecular weight is 345 g/mol. The molecule has 25 heavy (non-hydrogen) atoms. The highest BCUT2D eigenvalue weighted by atomic mass is 16.4. The first-order valence-corrected chi connectivity index (χ1v) is 9.92. The molecule has 0 radical (unpaired) electrons. The van der Waals surface area contributed by atoms with E-state index < -0.39 is 5.60 Å². The molecule has 0 saturated heterocycles. The number of nitrogens with zero attached hydrogens (tertiary/aromatic N) is 1. The number of fused-ring (bicyclic) bond motifs is 5. The molecule has 4 nitrogen and oxygen atoms in total. The monoisotopic (exact) mass is 345 g/mol. The summed E-state index contributed by atoms with van der Waals surface area (Å²) in [5, 5.41) is 24.1. The lowest BCUT2D eigenvalue weighted by molar-refractivity contribution is -0.119. The van der Waals surface area contributed by atoms with Crippen LogP contribution in [0.2, 0.25) is 0 Å². The molecule has 0 bridgehead atoms. The van der Waals surface area contributed by atoms with Gasteiger partial charge in [-0.05, 0) is 81.1 Å². The largest absolute Gasteiger partial charge is 0.411 e. The van der Waals surface area contributed by atoms with Crippen LogP contribution in [0.15, 0.2) is 16.8 Å². The van der Waals surface area contributed by atoms with E-state index in [1.165, 1.54) is 5.57 Å². The standard InChI is InChI=1S/C21H31NO3/c1-13(22-25)21(24)11-8-18-16-5-4-14-12-15(23)6-9-19(14,2)17(16)7-10-20(18,21)3/h12,16-18,24-25H,4-11H2,1-3H3/b22-13+/t16-,17+,18+,19+,20+,21+/m1/s1. The molecule has 3 fully saturated rings. The van der Waals surface area contributed by atoms with Crippen molar-refractivity contribution in [2.75, 3.05) is 0 Å². The molecule has 0 aromatic carbocycles. The van der Waals surface area contributed by atoms with Gasteiger partial charge in [-0.25, -0.2) is 0 Å². The van der Waals surface area contributed by atoms with Gasteiger partial charge in [0.15, 0.2) is 5.78 Å². The molecular formula is C21H31NO3. The first-order valence-electron chi connectivity index (χ1n) is 9.92. The number of oxime groups is 1. The topological polar surface area (TPSA) is 69.9 Å². The third kappa shape index (κ3) is 2.09. The van der Waals surface area contributed by atoms with E-state index >= 15 is 0 Å². The number of allylic oxidation sites excluding steroid dienone is 1. The highest BCUT2D eigenvalue weighted by Gasteiger charge is 2.64. The van der Waals surface area contributed by atoms with Gasteiger partial charge in [0.25, 0.3) is 0 Å². The van der Waals surface area contributed by atoms with E-state index in [1.54, 1.807) is 6.92 Å². The Morgan fingerprint density at radius 3 is 2.56 bits per heavy atom. The van der Waals surface area contributed by atoms with E-state index in [-0.39, 0.29) is 10.8 Å². The molecule has 6 atom stereocenters. The van der Waals surface area contributed by atoms with Crippen molar-refractivity contribution in [1.82, 2.24) is 0 Å². The van der Waals surface area contributed by atoms with Gasteiger partial charge in [-0.2, -0.15) is 0 Å². The molecule has 0 aromatic heterocycles. The Morgan fingerprint density at radius 2 is 1.84 bits per heavy atom. The van der Waals surface area contributed by atoms with Crippen molar-refractivity contribution in [3.63, 3.8) is 0 Å². The number of hydrogen-bond donors (Lipinski definition) is 2. The van der Waals surface area contributed by atoms with Gasteiger partial charge in [-0.3, -0.25) is 4.79 Å². The van der Waals surface area contributed by atoms with Gasteiger partial charge in [0.2, 0.25) is 0 Å². The summed E-state index contributed by atoms with van der Waals surface area (Å²) >= 11 is 0. The lowest BCUT2D eigenvalue weighted by Crippen LogP contribution is -2.57. The Bertz CT molecular complexity index is 668. The molecular weight excluding hydrogens is 314 g/mol. The predicted molar refractivity (Wildman–Crippen MR) is 96.6 cm³/mol. The maximum absolute atomic E-state index is 11.9. The maximum atomic E-state index is 11.9. The third-order valence-corrected chi connectivity index (χ3v) is 8.86. The van der Waals surface area contributed by atoms with Crippen LogP contribution in [0.1, 0.15) is 72.1 Å². The smallest absolute Gasteiger partial charge is 0.155 e. The minimum absolute atomic E-state index is 0.166. The summed E-state index contributed by atoms with van der Waals surface area (Å²) in [6.07, 6.45) is 9.56. The van der Waals surface area contributed by atoms with Crippen LogP contribution in [0.4, 0.5) is 0 Å². The minimum atomic E-state index is -0.975. The van der Waals surface area contributed by atoms with E-state index in [9.17, 15) is 15.1 Å². The molecule has 0 aliphatic heterocycles. The van der Waals surface area contributed by atoms with E-state index in [4.69, 9.17) is 0 Å². The zero-order valence-corrected chi connectivity index (χ0v) is 15.7. The van der Waals surface area contributed by atoms with E-state index in [0.717, 1.165) is 38.5 Å². The van der Waals surface area contributed by atoms with Crippen LogP contribution < -0.4 is 0 Å². The fourth-order valence-electron chi connectivity index (χ4n) is 7.25. The highest BCUT2D eigenvalue weighted by molar-refractivity contribution is 5.92. The van der Waals surface area contributed by atoms with Gasteiger partial charge in [-0.15, -0.1) is 0 Å². The second-order valence-electron chi connectivity index (χ2n) is 9.51. The summed E-state index contributed by atoms with van der Waals surface area (Å²) in [4.78, 5) is 11.9. The molecule has 4 aliphatic rings. The predicted octanol–water partition coefficient (Wildman–Crippen LogP) is 4.10. The van der Waals surface area contributed by atoms with Crippen LogP contribution >= 0.6 is 0 Å². The maximum Gasteiger partial charge on any atom is 0.155 e. The highest BCUT2D eigenvalue weighted by Crippen LogP contribution is 2.67. The molecule has 0 amide bonds. The summed E-state index contributed by atoms with van der Waals surface area (Å²) in [5.41, 5.74) is 0.847. The normalized spacial score (nSPS) is 49.9. The second-order valence-corrected chi connectivity index (χ2v) is 9.51. The number of hydrogen-bond acceptors (Lipinski definition) is 4. The minimum Gasteiger partial charge on any atom is -0.411 e. The van der Waals surface area contributed by atoms with E-state index in [1.807, 2.05) is 6.08 Å². The number of ketones is 1. The second kappa shape index (κ2) is 5.42. The van der Waals surface area contributed by atoms with Crippen molar-refractivity contribution in [1.29, 1.82) is 0 Å². The van der Waals surface area contributed by atoms with Crippen LogP contribution in [0.5, 0.6) is 0 Å². The lowest BCUT2D eigenvalue weighted by atomic mass is 9.46. The molecule has 0 aromatic rings. The van der Waals surface area contributed by atoms with Crippen LogP contribution in [-0.2, 0) is 4.79 Å². The fraction of sp³-hybridized carbons (Fsp3) is 0.810. The van der Waals surface area contributed by atoms with Gasteiger partial charge >= 0.3 is 0 Å². The molecule has 0 unspecified atom stereocenters. The molecule has 2 N–H and O–H groups in total. The fourth-order valence-corrected chi connectivity index (χ4v) is 7.25. The zero-order chi connectivity index (χ0) is 18.0. The van der Waals surface area contributed by atoms with Gasteiger partial charge in [0.05, 0.1) is 5.71 Å². The molecule has 0 heterocycles. The molecule has 0 spiro atoms. The number of carbonyl (C=O) groups is 1. The Hall–Kier alpha value is -1.16. The van der Waals surface area contributed by atoms with Gasteiger partial charge in [-0.1, -0.05) is 24.6 Å². The first-order chi connectivity index (χ1) is 11.8. The zero-order valence-electron chi connectivity index (χ0n) is 15.7. The SMILES string of the molecule is C/C(=N\O)[C@@]1(O)CC[C@H]2[C@@H]3CCC4=CC(=O)CC[C@]4(C)[C@H]3CC[C@@]21C. The molecule has 4 heteroatoms. The van der Waals surface area contributed by atoms with Gasteiger partial charge in [0, 0.05) is 11.8 Å². The van der Waals surface area contributed by atoms with Crippen LogP contribution in [0.3, 0.4) is 0 Å². The van der Waals surface area contributed by atoms with Crippen molar-refractivity contribution in [3.8, 4) is 0 Å². The molecule has 3 saturated carbocycles. The van der Waals surface area contributed by atoms with Crippen LogP contribution in [0, 0.1) is 28.6 Å². The van der Waals surface area contributed by atoms with E-state index in [2.05, 4.69) is 19.0 Å². The summed E-state index contributed by atoms with van der Waals surface area (Å²) in [5.74, 6) is 2.00. The van der Waals surface area contributed by atoms with Gasteiger partial charge in [0.1, 0.15) is 5.60 Å². The van der Waals surface area contributed by atoms with Crippen LogP contribution in [-0.4, -0.2) is 27.4 Å². The lowest BCUT2D eigenvalue weighted by Gasteiger charge is -2.59. The summed E-state index contributed by atoms with van der Waals surface area (Å²) < 4.78 is 0. The quantitative estimate of drug-likeness (QED) is 0.427. The summed E-state index contributed by atoms with van der Waals surface area (Å²) in [7, 11) is 0. The average Bonchev–Trinajstić information content (AvgIpc) is 2.87. The molecule has 138 valence electrons.